The lowest BCUT2D eigenvalue weighted by Crippen LogP contribution is -2.47. The fraction of sp³-hybridized carbons (Fsp3) is 0.375. The minimum atomic E-state index is -0.637. The molecule has 1 heterocycles. The Hall–Kier alpha value is -2.74. The number of carbonyl (C=O) groups is 2. The first-order valence-corrected chi connectivity index (χ1v) is 7.65. The smallest absolute Gasteiger partial charge is 0.246 e. The summed E-state index contributed by atoms with van der Waals surface area (Å²) < 4.78 is 5.08. The second-order valence-electron chi connectivity index (χ2n) is 5.64. The predicted octanol–water partition coefficient (Wildman–Crippen LogP) is 0.452. The molecule has 1 aromatic heterocycles. The van der Waals surface area contributed by atoms with Gasteiger partial charge in [0.05, 0.1) is 19.1 Å². The van der Waals surface area contributed by atoms with Crippen molar-refractivity contribution in [2.75, 3.05) is 6.54 Å². The van der Waals surface area contributed by atoms with Gasteiger partial charge in [0.25, 0.3) is 0 Å². The number of nitrogens with two attached hydrogens (primary N) is 1. The minimum absolute atomic E-state index is 0.00265. The Labute approximate surface area is 139 Å². The molecule has 2 aromatic rings. The van der Waals surface area contributed by atoms with Gasteiger partial charge >= 0.3 is 0 Å². The van der Waals surface area contributed by atoms with Crippen LogP contribution in [0.1, 0.15) is 19.7 Å². The fourth-order valence-electron chi connectivity index (χ4n) is 1.86. The van der Waals surface area contributed by atoms with Crippen LogP contribution in [0.2, 0.25) is 0 Å². The van der Waals surface area contributed by atoms with Gasteiger partial charge in [-0.15, -0.1) is 0 Å². The number of hydrogen-bond donors (Lipinski definition) is 3. The highest BCUT2D eigenvalue weighted by Crippen LogP contribution is 2.14. The highest BCUT2D eigenvalue weighted by Gasteiger charge is 2.17. The maximum atomic E-state index is 11.7. The van der Waals surface area contributed by atoms with Crippen LogP contribution in [0.5, 0.6) is 0 Å². The summed E-state index contributed by atoms with van der Waals surface area (Å²) in [6, 6.07) is 8.73. The van der Waals surface area contributed by atoms with E-state index in [4.69, 9.17) is 10.3 Å². The van der Waals surface area contributed by atoms with Crippen molar-refractivity contribution in [3.63, 3.8) is 0 Å². The number of nitrogens with one attached hydrogen (secondary N) is 2. The fourth-order valence-corrected chi connectivity index (χ4v) is 1.86. The van der Waals surface area contributed by atoms with E-state index in [0.29, 0.717) is 5.82 Å². The van der Waals surface area contributed by atoms with E-state index in [1.54, 1.807) is 0 Å². The van der Waals surface area contributed by atoms with Crippen LogP contribution in [0.3, 0.4) is 0 Å². The van der Waals surface area contributed by atoms with Gasteiger partial charge in [-0.2, -0.15) is 4.98 Å². The van der Waals surface area contributed by atoms with Crippen molar-refractivity contribution in [2.45, 2.75) is 26.4 Å². The van der Waals surface area contributed by atoms with Crippen molar-refractivity contribution in [1.82, 2.24) is 20.8 Å². The second kappa shape index (κ2) is 8.21. The van der Waals surface area contributed by atoms with Crippen molar-refractivity contribution in [3.8, 4) is 11.4 Å². The van der Waals surface area contributed by atoms with Crippen molar-refractivity contribution < 1.29 is 14.1 Å². The number of amides is 2. The summed E-state index contributed by atoms with van der Waals surface area (Å²) in [5.41, 5.74) is 6.52. The lowest BCUT2D eigenvalue weighted by atomic mass is 10.1. The van der Waals surface area contributed by atoms with Crippen LogP contribution in [0.15, 0.2) is 34.9 Å². The van der Waals surface area contributed by atoms with Gasteiger partial charge in [0.2, 0.25) is 23.5 Å². The monoisotopic (exact) mass is 331 g/mol. The van der Waals surface area contributed by atoms with Gasteiger partial charge in [-0.3, -0.25) is 9.59 Å². The summed E-state index contributed by atoms with van der Waals surface area (Å²) in [6.45, 7) is 3.61. The van der Waals surface area contributed by atoms with Gasteiger partial charge in [0.1, 0.15) is 0 Å². The molecule has 0 saturated carbocycles. The molecular weight excluding hydrogens is 310 g/mol. The molecule has 0 radical (unpaired) electrons. The van der Waals surface area contributed by atoms with Crippen LogP contribution in [0.4, 0.5) is 0 Å². The van der Waals surface area contributed by atoms with Crippen LogP contribution < -0.4 is 16.4 Å². The van der Waals surface area contributed by atoms with E-state index in [-0.39, 0.29) is 36.7 Å². The van der Waals surface area contributed by atoms with Crippen LogP contribution in [-0.2, 0) is 16.1 Å². The van der Waals surface area contributed by atoms with E-state index in [1.807, 2.05) is 44.2 Å². The van der Waals surface area contributed by atoms with Crippen molar-refractivity contribution in [3.05, 3.63) is 36.2 Å². The Bertz CT molecular complexity index is 684. The number of carbonyl (C=O) groups excluding carboxylic acids is 2. The summed E-state index contributed by atoms with van der Waals surface area (Å²) in [5.74, 6) is 0.0226. The first-order chi connectivity index (χ1) is 11.5. The van der Waals surface area contributed by atoms with E-state index in [0.717, 1.165) is 5.56 Å². The Balaban J connectivity index is 1.78. The Kier molecular flexibility index (Phi) is 6.02. The summed E-state index contributed by atoms with van der Waals surface area (Å²) in [5, 5.41) is 8.94. The zero-order valence-corrected chi connectivity index (χ0v) is 13.7. The summed E-state index contributed by atoms with van der Waals surface area (Å²) >= 11 is 0. The highest BCUT2D eigenvalue weighted by molar-refractivity contribution is 5.87. The summed E-state index contributed by atoms with van der Waals surface area (Å²) in [6.07, 6.45) is 0. The van der Waals surface area contributed by atoms with Gasteiger partial charge in [-0.1, -0.05) is 49.3 Å². The quantitative estimate of drug-likeness (QED) is 0.677. The lowest BCUT2D eigenvalue weighted by molar-refractivity contribution is -0.127. The van der Waals surface area contributed by atoms with Gasteiger partial charge in [-0.25, -0.2) is 0 Å². The normalized spacial score (nSPS) is 12.0. The van der Waals surface area contributed by atoms with Crippen molar-refractivity contribution in [1.29, 1.82) is 0 Å². The molecule has 2 rings (SSSR count). The van der Waals surface area contributed by atoms with Crippen molar-refractivity contribution >= 4 is 11.8 Å². The zero-order chi connectivity index (χ0) is 17.5. The average molecular weight is 331 g/mol. The lowest BCUT2D eigenvalue weighted by Gasteiger charge is -2.14. The molecule has 24 heavy (non-hydrogen) atoms. The molecule has 0 bridgehead atoms. The van der Waals surface area contributed by atoms with E-state index in [9.17, 15) is 9.59 Å². The highest BCUT2D eigenvalue weighted by atomic mass is 16.5. The third kappa shape index (κ3) is 4.88. The molecular formula is C16H21N5O3. The molecule has 128 valence electrons. The van der Waals surface area contributed by atoms with E-state index >= 15 is 0 Å². The molecule has 1 atom stereocenters. The summed E-state index contributed by atoms with van der Waals surface area (Å²) in [4.78, 5) is 27.6. The molecule has 0 aliphatic heterocycles. The van der Waals surface area contributed by atoms with Crippen LogP contribution >= 0.6 is 0 Å². The Morgan fingerprint density at radius 2 is 1.92 bits per heavy atom. The molecule has 0 aliphatic rings. The standard InChI is InChI=1S/C16H21N5O3/c1-10(2)14(17)16(23)19-8-12(22)18-9-13-20-15(21-24-13)11-6-4-3-5-7-11/h3-7,10,14H,8-9,17H2,1-2H3,(H,18,22)(H,19,23)/t14-/m0/s1. The first-order valence-electron chi connectivity index (χ1n) is 7.65. The SMILES string of the molecule is CC(C)[C@H](N)C(=O)NCC(=O)NCc1nc(-c2ccccc2)no1. The number of hydrogen-bond acceptors (Lipinski definition) is 6. The van der Waals surface area contributed by atoms with Gasteiger partial charge in [0, 0.05) is 5.56 Å². The van der Waals surface area contributed by atoms with Crippen molar-refractivity contribution in [2.24, 2.45) is 11.7 Å². The van der Waals surface area contributed by atoms with Gasteiger partial charge in [0.15, 0.2) is 0 Å². The predicted molar refractivity (Wildman–Crippen MR) is 87.4 cm³/mol. The number of rotatable bonds is 7. The third-order valence-electron chi connectivity index (χ3n) is 3.38. The molecule has 8 heteroatoms. The molecule has 0 spiro atoms. The second-order valence-corrected chi connectivity index (χ2v) is 5.64. The maximum absolute atomic E-state index is 11.7. The van der Waals surface area contributed by atoms with Crippen LogP contribution in [-0.4, -0.2) is 34.5 Å². The molecule has 1 aromatic carbocycles. The number of aromatic nitrogens is 2. The Morgan fingerprint density at radius 1 is 1.21 bits per heavy atom. The molecule has 0 saturated heterocycles. The molecule has 8 nitrogen and oxygen atoms in total. The minimum Gasteiger partial charge on any atom is -0.346 e. The van der Waals surface area contributed by atoms with Gasteiger partial charge in [-0.05, 0) is 5.92 Å². The largest absolute Gasteiger partial charge is 0.346 e. The molecule has 4 N–H and O–H groups in total. The number of nitrogens with zero attached hydrogens (tertiary/aromatic N) is 2. The molecule has 0 aliphatic carbocycles. The molecule has 0 unspecified atom stereocenters. The topological polar surface area (TPSA) is 123 Å². The first kappa shape index (κ1) is 17.6. The van der Waals surface area contributed by atoms with E-state index in [2.05, 4.69) is 20.8 Å². The molecule has 0 fully saturated rings. The maximum Gasteiger partial charge on any atom is 0.246 e. The van der Waals surface area contributed by atoms with E-state index in [1.165, 1.54) is 0 Å². The zero-order valence-electron chi connectivity index (χ0n) is 13.7. The summed E-state index contributed by atoms with van der Waals surface area (Å²) in [7, 11) is 0. The van der Waals surface area contributed by atoms with E-state index < -0.39 is 6.04 Å². The molecule has 2 amide bonds. The third-order valence-corrected chi connectivity index (χ3v) is 3.38. The van der Waals surface area contributed by atoms with Crippen LogP contribution in [0, 0.1) is 5.92 Å². The average Bonchev–Trinajstić information content (AvgIpc) is 3.06. The van der Waals surface area contributed by atoms with Gasteiger partial charge < -0.3 is 20.9 Å². The number of benzene rings is 1. The Morgan fingerprint density at radius 3 is 2.58 bits per heavy atom. The van der Waals surface area contributed by atoms with Crippen LogP contribution in [0.25, 0.3) is 11.4 Å².